The van der Waals surface area contributed by atoms with E-state index in [0.717, 1.165) is 25.7 Å². The molecule has 0 aliphatic heterocycles. The molecule has 2 aromatic rings. The summed E-state index contributed by atoms with van der Waals surface area (Å²) < 4.78 is 18.6. The lowest BCUT2D eigenvalue weighted by molar-refractivity contribution is 0.0795. The number of hydrogen-bond donors (Lipinski definition) is 0. The van der Waals surface area contributed by atoms with Crippen LogP contribution in [0.15, 0.2) is 28.7 Å². The van der Waals surface area contributed by atoms with Crippen molar-refractivity contribution in [1.29, 1.82) is 0 Å². The summed E-state index contributed by atoms with van der Waals surface area (Å²) in [4.78, 5) is 12.4. The van der Waals surface area contributed by atoms with Crippen molar-refractivity contribution in [2.45, 2.75) is 32.6 Å². The molecule has 0 radical (unpaired) electrons. The van der Waals surface area contributed by atoms with Gasteiger partial charge in [-0.05, 0) is 37.1 Å². The topological polar surface area (TPSA) is 30.2 Å². The van der Waals surface area contributed by atoms with E-state index < -0.39 is 0 Å². The zero-order valence-corrected chi connectivity index (χ0v) is 10.3. The first-order valence-corrected chi connectivity index (χ1v) is 6.32. The molecular formula is C15H15FO2. The fourth-order valence-electron chi connectivity index (χ4n) is 2.81. The average Bonchev–Trinajstić information content (AvgIpc) is 2.94. The van der Waals surface area contributed by atoms with Crippen LogP contribution in [0.4, 0.5) is 4.39 Å². The number of ketones is 1. The predicted molar refractivity (Wildman–Crippen MR) is 67.1 cm³/mol. The molecule has 0 unspecified atom stereocenters. The monoisotopic (exact) mass is 246 g/mol. The number of furan rings is 1. The lowest BCUT2D eigenvalue weighted by Crippen LogP contribution is -2.23. The van der Waals surface area contributed by atoms with E-state index in [9.17, 15) is 9.18 Å². The van der Waals surface area contributed by atoms with Crippen molar-refractivity contribution in [3.05, 3.63) is 35.8 Å². The number of halogens is 1. The van der Waals surface area contributed by atoms with Crippen LogP contribution in [-0.2, 0) is 0 Å². The summed E-state index contributed by atoms with van der Waals surface area (Å²) in [7, 11) is 0. The zero-order chi connectivity index (χ0) is 12.8. The Kier molecular flexibility index (Phi) is 2.51. The smallest absolute Gasteiger partial charge is 0.203 e. The summed E-state index contributed by atoms with van der Waals surface area (Å²) in [6.45, 7) is 2.00. The van der Waals surface area contributed by atoms with E-state index >= 15 is 0 Å². The number of carbonyl (C=O) groups excluding carboxylic acids is 1. The van der Waals surface area contributed by atoms with Gasteiger partial charge in [0, 0.05) is 10.8 Å². The van der Waals surface area contributed by atoms with Gasteiger partial charge in [-0.2, -0.15) is 0 Å². The first kappa shape index (κ1) is 11.5. The Balaban J connectivity index is 2.01. The Morgan fingerprint density at radius 1 is 1.28 bits per heavy atom. The molecule has 1 aliphatic rings. The van der Waals surface area contributed by atoms with Crippen molar-refractivity contribution >= 4 is 16.8 Å². The highest BCUT2D eigenvalue weighted by molar-refractivity contribution is 6.01. The molecule has 1 fully saturated rings. The van der Waals surface area contributed by atoms with Crippen molar-refractivity contribution in [3.63, 3.8) is 0 Å². The second kappa shape index (κ2) is 3.94. The van der Waals surface area contributed by atoms with E-state index in [1.165, 1.54) is 12.1 Å². The Morgan fingerprint density at radius 3 is 2.72 bits per heavy atom. The van der Waals surface area contributed by atoms with Crippen LogP contribution in [-0.4, -0.2) is 5.78 Å². The number of benzene rings is 1. The molecule has 1 saturated carbocycles. The van der Waals surface area contributed by atoms with Crippen LogP contribution < -0.4 is 0 Å². The molecule has 3 rings (SSSR count). The number of Topliss-reactive ketones (excluding diaryl/α,β-unsaturated/α-hetero) is 1. The normalized spacial score (nSPS) is 18.3. The molecule has 0 bridgehead atoms. The molecule has 18 heavy (non-hydrogen) atoms. The fraction of sp³-hybridized carbons (Fsp3) is 0.400. The SMILES string of the molecule is CC1(C(=O)c2cc3cc(F)ccc3o2)CCCC1. The van der Waals surface area contributed by atoms with Crippen LogP contribution >= 0.6 is 0 Å². The highest BCUT2D eigenvalue weighted by Gasteiger charge is 2.38. The summed E-state index contributed by atoms with van der Waals surface area (Å²) in [5.41, 5.74) is 0.272. The van der Waals surface area contributed by atoms with Crippen LogP contribution in [0.1, 0.15) is 43.2 Å². The van der Waals surface area contributed by atoms with Gasteiger partial charge in [-0.1, -0.05) is 19.8 Å². The molecule has 0 N–H and O–H groups in total. The van der Waals surface area contributed by atoms with E-state index in [2.05, 4.69) is 0 Å². The predicted octanol–water partition coefficient (Wildman–Crippen LogP) is 4.33. The van der Waals surface area contributed by atoms with Crippen LogP contribution in [0.3, 0.4) is 0 Å². The van der Waals surface area contributed by atoms with E-state index in [1.807, 2.05) is 6.92 Å². The third-order valence-electron chi connectivity index (χ3n) is 3.96. The fourth-order valence-corrected chi connectivity index (χ4v) is 2.81. The van der Waals surface area contributed by atoms with Gasteiger partial charge in [0.05, 0.1) is 0 Å². The van der Waals surface area contributed by atoms with Gasteiger partial charge in [-0.3, -0.25) is 4.79 Å². The van der Waals surface area contributed by atoms with Gasteiger partial charge in [0.25, 0.3) is 0 Å². The summed E-state index contributed by atoms with van der Waals surface area (Å²) in [5.74, 6) is 0.103. The highest BCUT2D eigenvalue weighted by Crippen LogP contribution is 2.41. The molecule has 1 aliphatic carbocycles. The van der Waals surface area contributed by atoms with Gasteiger partial charge < -0.3 is 4.42 Å². The lowest BCUT2D eigenvalue weighted by atomic mass is 9.83. The molecule has 3 heteroatoms. The van der Waals surface area contributed by atoms with Gasteiger partial charge in [0.1, 0.15) is 11.4 Å². The standard InChI is InChI=1S/C15H15FO2/c1-15(6-2-3-7-15)14(17)13-9-10-8-11(16)4-5-12(10)18-13/h4-5,8-9H,2-3,6-7H2,1H3. The van der Waals surface area contributed by atoms with Crippen molar-refractivity contribution < 1.29 is 13.6 Å². The van der Waals surface area contributed by atoms with Gasteiger partial charge in [0.2, 0.25) is 5.78 Å². The Morgan fingerprint density at radius 2 is 2.00 bits per heavy atom. The maximum absolute atomic E-state index is 13.1. The molecule has 0 amide bonds. The van der Waals surface area contributed by atoms with Gasteiger partial charge in [-0.25, -0.2) is 4.39 Å². The first-order valence-electron chi connectivity index (χ1n) is 6.32. The van der Waals surface area contributed by atoms with E-state index in [-0.39, 0.29) is 17.0 Å². The van der Waals surface area contributed by atoms with Crippen LogP contribution in [0.2, 0.25) is 0 Å². The minimum absolute atomic E-state index is 0.0524. The average molecular weight is 246 g/mol. The summed E-state index contributed by atoms with van der Waals surface area (Å²) in [6, 6.07) is 5.96. The molecule has 0 saturated heterocycles. The van der Waals surface area contributed by atoms with Crippen molar-refractivity contribution in [2.24, 2.45) is 5.41 Å². The van der Waals surface area contributed by atoms with Crippen LogP contribution in [0.5, 0.6) is 0 Å². The minimum atomic E-state index is -0.311. The molecular weight excluding hydrogens is 231 g/mol. The maximum atomic E-state index is 13.1. The third-order valence-corrected chi connectivity index (χ3v) is 3.96. The summed E-state index contributed by atoms with van der Waals surface area (Å²) in [5, 5.41) is 0.653. The molecule has 0 atom stereocenters. The largest absolute Gasteiger partial charge is 0.453 e. The number of rotatable bonds is 2. The van der Waals surface area contributed by atoms with Crippen LogP contribution in [0.25, 0.3) is 11.0 Å². The molecule has 0 spiro atoms. The van der Waals surface area contributed by atoms with Crippen LogP contribution in [0, 0.1) is 11.2 Å². The molecule has 1 heterocycles. The Hall–Kier alpha value is -1.64. The Bertz CT molecular complexity index is 606. The molecule has 94 valence electrons. The van der Waals surface area contributed by atoms with E-state index in [0.29, 0.717) is 16.7 Å². The lowest BCUT2D eigenvalue weighted by Gasteiger charge is -2.19. The van der Waals surface area contributed by atoms with Crippen molar-refractivity contribution in [3.8, 4) is 0 Å². The number of fused-ring (bicyclic) bond motifs is 1. The van der Waals surface area contributed by atoms with E-state index in [1.54, 1.807) is 12.1 Å². The number of carbonyl (C=O) groups is 1. The molecule has 1 aromatic carbocycles. The summed E-state index contributed by atoms with van der Waals surface area (Å²) >= 11 is 0. The Labute approximate surface area is 105 Å². The van der Waals surface area contributed by atoms with Gasteiger partial charge in [0.15, 0.2) is 5.76 Å². The second-order valence-electron chi connectivity index (χ2n) is 5.39. The number of hydrogen-bond acceptors (Lipinski definition) is 2. The maximum Gasteiger partial charge on any atom is 0.203 e. The van der Waals surface area contributed by atoms with Gasteiger partial charge in [-0.15, -0.1) is 0 Å². The highest BCUT2D eigenvalue weighted by atomic mass is 19.1. The minimum Gasteiger partial charge on any atom is -0.453 e. The third kappa shape index (κ3) is 1.74. The first-order chi connectivity index (χ1) is 8.58. The van der Waals surface area contributed by atoms with Gasteiger partial charge >= 0.3 is 0 Å². The molecule has 2 nitrogen and oxygen atoms in total. The van der Waals surface area contributed by atoms with Crippen molar-refractivity contribution in [1.82, 2.24) is 0 Å². The van der Waals surface area contributed by atoms with Crippen molar-refractivity contribution in [2.75, 3.05) is 0 Å². The second-order valence-corrected chi connectivity index (χ2v) is 5.39. The van der Waals surface area contributed by atoms with E-state index in [4.69, 9.17) is 4.42 Å². The molecule has 1 aromatic heterocycles. The quantitative estimate of drug-likeness (QED) is 0.738. The zero-order valence-electron chi connectivity index (χ0n) is 10.3. The summed E-state index contributed by atoms with van der Waals surface area (Å²) in [6.07, 6.45) is 4.02.